The van der Waals surface area contributed by atoms with Crippen LogP contribution in [0.2, 0.25) is 10.0 Å². The van der Waals surface area contributed by atoms with Crippen LogP contribution in [-0.2, 0) is 14.3 Å². The topological polar surface area (TPSA) is 106 Å². The third kappa shape index (κ3) is 7.43. The van der Waals surface area contributed by atoms with Gasteiger partial charge in [0.2, 0.25) is 11.8 Å². The summed E-state index contributed by atoms with van der Waals surface area (Å²) in [6.07, 6.45) is 0.780. The fraction of sp³-hybridized carbons (Fsp3) is 0.353. The quantitative estimate of drug-likeness (QED) is 0.502. The zero-order valence-electron chi connectivity index (χ0n) is 14.5. The summed E-state index contributed by atoms with van der Waals surface area (Å²) in [6, 6.07) is 5.25. The third-order valence-corrected chi connectivity index (χ3v) is 4.97. The lowest BCUT2D eigenvalue weighted by atomic mass is 10.2. The molecule has 1 aromatic heterocycles. The van der Waals surface area contributed by atoms with E-state index in [0.717, 1.165) is 10.6 Å². The standard InChI is InChI=1S/C17H20Cl2N4O3S/c18-12-4-3-11(8-13(12)19)17-23-14(10-27-17)22-15(24)2-1-6-21-16(25)9-26-7-5-20/h3-4,8,10H,1-2,5-7,9,20H2,(H,21,25)(H,22,24). The molecule has 10 heteroatoms. The molecule has 0 bridgehead atoms. The normalized spacial score (nSPS) is 10.6. The fourth-order valence-corrected chi connectivity index (χ4v) is 3.12. The lowest BCUT2D eigenvalue weighted by molar-refractivity contribution is -0.125. The van der Waals surface area contributed by atoms with Crippen LogP contribution in [0.25, 0.3) is 10.6 Å². The molecule has 0 atom stereocenters. The lowest BCUT2D eigenvalue weighted by Crippen LogP contribution is -2.29. The van der Waals surface area contributed by atoms with Crippen LogP contribution in [-0.4, -0.2) is 43.1 Å². The predicted molar refractivity (Wildman–Crippen MR) is 108 cm³/mol. The number of halogens is 2. The summed E-state index contributed by atoms with van der Waals surface area (Å²) in [5, 5.41) is 8.82. The summed E-state index contributed by atoms with van der Waals surface area (Å²) in [7, 11) is 0. The van der Waals surface area contributed by atoms with Crippen molar-refractivity contribution in [3.63, 3.8) is 0 Å². The zero-order valence-corrected chi connectivity index (χ0v) is 16.8. The molecule has 1 aromatic carbocycles. The van der Waals surface area contributed by atoms with Crippen molar-refractivity contribution < 1.29 is 14.3 Å². The highest BCUT2D eigenvalue weighted by Gasteiger charge is 2.10. The number of thiazole rings is 1. The van der Waals surface area contributed by atoms with Crippen LogP contribution in [0, 0.1) is 0 Å². The van der Waals surface area contributed by atoms with Crippen LogP contribution < -0.4 is 16.4 Å². The van der Waals surface area contributed by atoms with Crippen LogP contribution in [0.1, 0.15) is 12.8 Å². The number of amides is 2. The minimum absolute atomic E-state index is 0.0281. The molecule has 2 amide bonds. The van der Waals surface area contributed by atoms with Gasteiger partial charge in [0.1, 0.15) is 17.4 Å². The summed E-state index contributed by atoms with van der Waals surface area (Å²) < 4.78 is 5.02. The first kappa shape index (κ1) is 21.6. The molecule has 1 heterocycles. The summed E-state index contributed by atoms with van der Waals surface area (Å²) in [5.41, 5.74) is 6.09. The minimum Gasteiger partial charge on any atom is -0.370 e. The maximum Gasteiger partial charge on any atom is 0.245 e. The molecular formula is C17H20Cl2N4O3S. The van der Waals surface area contributed by atoms with E-state index in [-0.39, 0.29) is 24.8 Å². The Labute approximate surface area is 171 Å². The van der Waals surface area contributed by atoms with Crippen molar-refractivity contribution in [2.45, 2.75) is 12.8 Å². The number of carbonyl (C=O) groups excluding carboxylic acids is 2. The SMILES string of the molecule is NCCOCC(=O)NCCCC(=O)Nc1csc(-c2ccc(Cl)c(Cl)c2)n1. The molecule has 7 nitrogen and oxygen atoms in total. The van der Waals surface area contributed by atoms with E-state index in [1.54, 1.807) is 17.5 Å². The van der Waals surface area contributed by atoms with E-state index in [0.29, 0.717) is 42.0 Å². The van der Waals surface area contributed by atoms with E-state index in [1.807, 2.05) is 6.07 Å². The number of rotatable bonds is 10. The Morgan fingerprint density at radius 2 is 2.04 bits per heavy atom. The van der Waals surface area contributed by atoms with E-state index >= 15 is 0 Å². The monoisotopic (exact) mass is 430 g/mol. The molecule has 0 saturated heterocycles. The van der Waals surface area contributed by atoms with Crippen LogP contribution in [0.3, 0.4) is 0 Å². The van der Waals surface area contributed by atoms with Gasteiger partial charge in [-0.3, -0.25) is 9.59 Å². The molecule has 0 aliphatic heterocycles. The second-order valence-corrected chi connectivity index (χ2v) is 7.18. The second-order valence-electron chi connectivity index (χ2n) is 5.51. The number of aromatic nitrogens is 1. The van der Waals surface area contributed by atoms with Gasteiger partial charge < -0.3 is 21.1 Å². The molecule has 0 saturated carbocycles. The summed E-state index contributed by atoms with van der Waals surface area (Å²) in [4.78, 5) is 27.8. The fourth-order valence-electron chi connectivity index (χ4n) is 2.07. The van der Waals surface area contributed by atoms with Gasteiger partial charge in [0.05, 0.1) is 16.7 Å². The molecular weight excluding hydrogens is 411 g/mol. The van der Waals surface area contributed by atoms with Crippen molar-refractivity contribution >= 4 is 52.2 Å². The Bertz CT molecular complexity index is 785. The highest BCUT2D eigenvalue weighted by molar-refractivity contribution is 7.13. The average Bonchev–Trinajstić information content (AvgIpc) is 3.09. The van der Waals surface area contributed by atoms with Gasteiger partial charge in [-0.05, 0) is 18.6 Å². The first-order valence-electron chi connectivity index (χ1n) is 8.25. The van der Waals surface area contributed by atoms with Gasteiger partial charge >= 0.3 is 0 Å². The molecule has 0 radical (unpaired) electrons. The van der Waals surface area contributed by atoms with Gasteiger partial charge in [-0.1, -0.05) is 29.3 Å². The van der Waals surface area contributed by atoms with E-state index in [2.05, 4.69) is 15.6 Å². The van der Waals surface area contributed by atoms with E-state index in [1.165, 1.54) is 11.3 Å². The summed E-state index contributed by atoms with van der Waals surface area (Å²) in [6.45, 7) is 1.08. The Hall–Kier alpha value is -1.71. The minimum atomic E-state index is -0.227. The Kier molecular flexibility index (Phi) is 8.96. The molecule has 146 valence electrons. The van der Waals surface area contributed by atoms with Crippen molar-refractivity contribution in [2.75, 3.05) is 31.6 Å². The van der Waals surface area contributed by atoms with Crippen LogP contribution in [0.15, 0.2) is 23.6 Å². The zero-order chi connectivity index (χ0) is 19.6. The van der Waals surface area contributed by atoms with Crippen molar-refractivity contribution in [3.8, 4) is 10.6 Å². The summed E-state index contributed by atoms with van der Waals surface area (Å²) >= 11 is 13.3. The Morgan fingerprint density at radius 1 is 1.22 bits per heavy atom. The maximum atomic E-state index is 12.0. The van der Waals surface area contributed by atoms with Crippen molar-refractivity contribution in [1.29, 1.82) is 0 Å². The number of carbonyl (C=O) groups is 2. The molecule has 2 aromatic rings. The van der Waals surface area contributed by atoms with Gasteiger partial charge in [-0.25, -0.2) is 4.98 Å². The third-order valence-electron chi connectivity index (χ3n) is 3.34. The van der Waals surface area contributed by atoms with Gasteiger partial charge in [0.15, 0.2) is 0 Å². The van der Waals surface area contributed by atoms with E-state index in [4.69, 9.17) is 33.7 Å². The first-order valence-corrected chi connectivity index (χ1v) is 9.88. The Morgan fingerprint density at radius 3 is 2.78 bits per heavy atom. The second kappa shape index (κ2) is 11.2. The maximum absolute atomic E-state index is 12.0. The lowest BCUT2D eigenvalue weighted by Gasteiger charge is -2.05. The van der Waals surface area contributed by atoms with E-state index in [9.17, 15) is 9.59 Å². The predicted octanol–water partition coefficient (Wildman–Crippen LogP) is 2.93. The molecule has 27 heavy (non-hydrogen) atoms. The molecule has 0 unspecified atom stereocenters. The van der Waals surface area contributed by atoms with Gasteiger partial charge in [0, 0.05) is 30.5 Å². The first-order chi connectivity index (χ1) is 13.0. The number of nitrogens with one attached hydrogen (secondary N) is 2. The smallest absolute Gasteiger partial charge is 0.245 e. The number of benzene rings is 1. The highest BCUT2D eigenvalue weighted by atomic mass is 35.5. The molecule has 0 aliphatic carbocycles. The van der Waals surface area contributed by atoms with Crippen LogP contribution >= 0.6 is 34.5 Å². The van der Waals surface area contributed by atoms with Gasteiger partial charge in [-0.15, -0.1) is 11.3 Å². The largest absolute Gasteiger partial charge is 0.370 e. The molecule has 4 N–H and O–H groups in total. The number of hydrogen-bond acceptors (Lipinski definition) is 6. The number of nitrogens with zero attached hydrogens (tertiary/aromatic N) is 1. The number of anilines is 1. The molecule has 0 fully saturated rings. The van der Waals surface area contributed by atoms with Crippen molar-refractivity contribution in [2.24, 2.45) is 5.73 Å². The van der Waals surface area contributed by atoms with Gasteiger partial charge in [0.25, 0.3) is 0 Å². The number of ether oxygens (including phenoxy) is 1. The molecule has 0 spiro atoms. The van der Waals surface area contributed by atoms with Crippen molar-refractivity contribution in [3.05, 3.63) is 33.6 Å². The van der Waals surface area contributed by atoms with Gasteiger partial charge in [-0.2, -0.15) is 0 Å². The highest BCUT2D eigenvalue weighted by Crippen LogP contribution is 2.31. The van der Waals surface area contributed by atoms with Crippen LogP contribution in [0.5, 0.6) is 0 Å². The molecule has 2 rings (SSSR count). The number of hydrogen-bond donors (Lipinski definition) is 3. The van der Waals surface area contributed by atoms with Crippen molar-refractivity contribution in [1.82, 2.24) is 10.3 Å². The Balaban J connectivity index is 1.72. The van der Waals surface area contributed by atoms with Crippen LogP contribution in [0.4, 0.5) is 5.82 Å². The van der Waals surface area contributed by atoms with E-state index < -0.39 is 0 Å². The number of nitrogens with two attached hydrogens (primary N) is 1. The molecule has 0 aliphatic rings. The average molecular weight is 431 g/mol. The summed E-state index contributed by atoms with van der Waals surface area (Å²) in [5.74, 6) is 0.0783.